The zero-order valence-corrected chi connectivity index (χ0v) is 10.9. The smallest absolute Gasteiger partial charge is 0.323 e. The molecule has 2 aliphatic rings. The Morgan fingerprint density at radius 1 is 1.53 bits per heavy atom. The van der Waals surface area contributed by atoms with Crippen LogP contribution in [0.2, 0.25) is 0 Å². The van der Waals surface area contributed by atoms with Gasteiger partial charge in [0.25, 0.3) is 0 Å². The van der Waals surface area contributed by atoms with Crippen molar-refractivity contribution < 1.29 is 9.53 Å². The first-order chi connectivity index (χ1) is 9.20. The molecule has 0 radical (unpaired) electrons. The number of urea groups is 1. The summed E-state index contributed by atoms with van der Waals surface area (Å²) in [5.74, 6) is 1.19. The van der Waals surface area contributed by atoms with Gasteiger partial charge in [-0.05, 0) is 29.7 Å². The molecule has 1 fully saturated rings. The van der Waals surface area contributed by atoms with Crippen molar-refractivity contribution in [3.05, 3.63) is 29.3 Å². The van der Waals surface area contributed by atoms with Gasteiger partial charge in [0, 0.05) is 13.0 Å². The summed E-state index contributed by atoms with van der Waals surface area (Å²) in [4.78, 5) is 13.6. The minimum atomic E-state index is -0.279. The molecule has 0 bridgehead atoms. The minimum Gasteiger partial charge on any atom is -0.493 e. The molecule has 2 N–H and O–H groups in total. The normalized spacial score (nSPS) is 21.3. The van der Waals surface area contributed by atoms with Gasteiger partial charge in [0.15, 0.2) is 0 Å². The maximum atomic E-state index is 11.8. The zero-order chi connectivity index (χ0) is 13.4. The molecule has 2 amide bonds. The average Bonchev–Trinajstić information content (AvgIpc) is 2.94. The van der Waals surface area contributed by atoms with Crippen LogP contribution in [-0.2, 0) is 6.42 Å². The van der Waals surface area contributed by atoms with Crippen LogP contribution in [0.4, 0.5) is 4.79 Å². The first kappa shape index (κ1) is 12.0. The van der Waals surface area contributed by atoms with E-state index in [4.69, 9.17) is 10.1 Å². The lowest BCUT2D eigenvalue weighted by Crippen LogP contribution is -2.30. The summed E-state index contributed by atoms with van der Waals surface area (Å²) >= 11 is 0. The lowest BCUT2D eigenvalue weighted by atomic mass is 10.0. The summed E-state index contributed by atoms with van der Waals surface area (Å²) in [7, 11) is 0. The summed E-state index contributed by atoms with van der Waals surface area (Å²) in [5, 5.41) is 10.6. The standard InChI is InChI=1S/C14H17N3O2/c1-2-6-17-12(13(15)16-14(17)18)10-3-4-11-9(8-10)5-7-19-11/h3-4,8,12H,2,5-7H2,1H3,(H2,15,16,18). The molecule has 5 nitrogen and oxygen atoms in total. The average molecular weight is 259 g/mol. The molecule has 1 aromatic carbocycles. The number of ether oxygens (including phenoxy) is 1. The fourth-order valence-electron chi connectivity index (χ4n) is 2.72. The van der Waals surface area contributed by atoms with Gasteiger partial charge >= 0.3 is 6.03 Å². The SMILES string of the molecule is CCCN1C(=O)NC(=N)C1c1ccc2c(c1)CCO2. The molecule has 0 spiro atoms. The molecule has 2 heterocycles. The van der Waals surface area contributed by atoms with Gasteiger partial charge in [0.05, 0.1) is 6.61 Å². The van der Waals surface area contributed by atoms with Gasteiger partial charge in [0.2, 0.25) is 0 Å². The van der Waals surface area contributed by atoms with E-state index < -0.39 is 0 Å². The highest BCUT2D eigenvalue weighted by Gasteiger charge is 2.36. The van der Waals surface area contributed by atoms with Crippen molar-refractivity contribution in [1.82, 2.24) is 10.2 Å². The van der Waals surface area contributed by atoms with Crippen LogP contribution < -0.4 is 10.1 Å². The molecule has 3 rings (SSSR count). The molecular weight excluding hydrogens is 242 g/mol. The number of rotatable bonds is 3. The lowest BCUT2D eigenvalue weighted by molar-refractivity contribution is 0.206. The highest BCUT2D eigenvalue weighted by molar-refractivity contribution is 6.06. The van der Waals surface area contributed by atoms with Crippen molar-refractivity contribution in [1.29, 1.82) is 5.41 Å². The van der Waals surface area contributed by atoms with Crippen LogP contribution in [0.1, 0.15) is 30.5 Å². The maximum absolute atomic E-state index is 11.8. The van der Waals surface area contributed by atoms with E-state index >= 15 is 0 Å². The summed E-state index contributed by atoms with van der Waals surface area (Å²) in [6.45, 7) is 3.41. The van der Waals surface area contributed by atoms with E-state index in [9.17, 15) is 4.79 Å². The van der Waals surface area contributed by atoms with Gasteiger partial charge in [-0.25, -0.2) is 4.79 Å². The zero-order valence-electron chi connectivity index (χ0n) is 10.9. The molecule has 19 heavy (non-hydrogen) atoms. The summed E-state index contributed by atoms with van der Waals surface area (Å²) in [6, 6.07) is 5.50. The van der Waals surface area contributed by atoms with Gasteiger partial charge in [-0.15, -0.1) is 0 Å². The number of amides is 2. The van der Waals surface area contributed by atoms with Crippen LogP contribution in [0.15, 0.2) is 18.2 Å². The fraction of sp³-hybridized carbons (Fsp3) is 0.429. The number of fused-ring (bicyclic) bond motifs is 1. The van der Waals surface area contributed by atoms with Crippen molar-refractivity contribution in [3.8, 4) is 5.75 Å². The summed E-state index contributed by atoms with van der Waals surface area (Å²) in [5.41, 5.74) is 2.15. The molecule has 1 unspecified atom stereocenters. The monoisotopic (exact) mass is 259 g/mol. The number of hydrogen-bond acceptors (Lipinski definition) is 3. The minimum absolute atomic E-state index is 0.173. The molecule has 1 saturated heterocycles. The van der Waals surface area contributed by atoms with Crippen LogP contribution in [0.3, 0.4) is 0 Å². The van der Waals surface area contributed by atoms with E-state index in [2.05, 4.69) is 11.4 Å². The van der Waals surface area contributed by atoms with E-state index in [0.717, 1.165) is 30.8 Å². The Morgan fingerprint density at radius 2 is 2.37 bits per heavy atom. The molecule has 0 aromatic heterocycles. The third-order valence-corrected chi connectivity index (χ3v) is 3.58. The van der Waals surface area contributed by atoms with Crippen LogP contribution in [0.25, 0.3) is 0 Å². The largest absolute Gasteiger partial charge is 0.493 e. The van der Waals surface area contributed by atoms with E-state index in [0.29, 0.717) is 6.54 Å². The quantitative estimate of drug-likeness (QED) is 0.872. The number of carbonyl (C=O) groups excluding carboxylic acids is 1. The summed E-state index contributed by atoms with van der Waals surface area (Å²) < 4.78 is 5.49. The number of benzene rings is 1. The molecule has 1 aromatic rings. The number of nitrogens with zero attached hydrogens (tertiary/aromatic N) is 1. The molecule has 0 saturated carbocycles. The Morgan fingerprint density at radius 3 is 3.16 bits per heavy atom. The number of hydrogen-bond donors (Lipinski definition) is 2. The Balaban J connectivity index is 1.95. The third kappa shape index (κ3) is 1.95. The Bertz CT molecular complexity index is 541. The Kier molecular flexibility index (Phi) is 2.89. The molecule has 2 aliphatic heterocycles. The third-order valence-electron chi connectivity index (χ3n) is 3.58. The highest BCUT2D eigenvalue weighted by Crippen LogP contribution is 2.32. The number of carbonyl (C=O) groups is 1. The van der Waals surface area contributed by atoms with Gasteiger partial charge in [-0.2, -0.15) is 0 Å². The first-order valence-electron chi connectivity index (χ1n) is 6.62. The Hall–Kier alpha value is -2.04. The van der Waals surface area contributed by atoms with Crippen LogP contribution >= 0.6 is 0 Å². The highest BCUT2D eigenvalue weighted by atomic mass is 16.5. The second kappa shape index (κ2) is 4.57. The van der Waals surface area contributed by atoms with E-state index in [1.807, 2.05) is 19.1 Å². The van der Waals surface area contributed by atoms with Crippen LogP contribution in [-0.4, -0.2) is 29.9 Å². The molecule has 100 valence electrons. The molecule has 0 aliphatic carbocycles. The predicted molar refractivity (Wildman–Crippen MR) is 71.6 cm³/mol. The fourth-order valence-corrected chi connectivity index (χ4v) is 2.72. The van der Waals surface area contributed by atoms with Gasteiger partial charge in [-0.1, -0.05) is 13.0 Å². The summed E-state index contributed by atoms with van der Waals surface area (Å²) in [6.07, 6.45) is 1.78. The van der Waals surface area contributed by atoms with Gasteiger partial charge < -0.3 is 9.64 Å². The van der Waals surface area contributed by atoms with E-state index in [1.165, 1.54) is 5.56 Å². The number of nitrogens with one attached hydrogen (secondary N) is 2. The second-order valence-corrected chi connectivity index (χ2v) is 4.91. The predicted octanol–water partition coefficient (Wildman–Crippen LogP) is 2.08. The van der Waals surface area contributed by atoms with Crippen molar-refractivity contribution in [3.63, 3.8) is 0 Å². The topological polar surface area (TPSA) is 65.4 Å². The van der Waals surface area contributed by atoms with Gasteiger partial charge in [-0.3, -0.25) is 10.7 Å². The van der Waals surface area contributed by atoms with Crippen molar-refractivity contribution in [2.75, 3.05) is 13.2 Å². The second-order valence-electron chi connectivity index (χ2n) is 4.91. The maximum Gasteiger partial charge on any atom is 0.323 e. The van der Waals surface area contributed by atoms with E-state index in [1.54, 1.807) is 4.90 Å². The molecule has 1 atom stereocenters. The molecular formula is C14H17N3O2. The molecule has 5 heteroatoms. The van der Waals surface area contributed by atoms with Crippen molar-refractivity contribution in [2.45, 2.75) is 25.8 Å². The van der Waals surface area contributed by atoms with Crippen LogP contribution in [0, 0.1) is 5.41 Å². The van der Waals surface area contributed by atoms with Crippen molar-refractivity contribution >= 4 is 11.9 Å². The van der Waals surface area contributed by atoms with Crippen molar-refractivity contribution in [2.24, 2.45) is 0 Å². The lowest BCUT2D eigenvalue weighted by Gasteiger charge is -2.22. The van der Waals surface area contributed by atoms with Crippen LogP contribution in [0.5, 0.6) is 5.75 Å². The Labute approximate surface area is 112 Å². The number of amidine groups is 1. The van der Waals surface area contributed by atoms with E-state index in [-0.39, 0.29) is 17.9 Å². The van der Waals surface area contributed by atoms with Gasteiger partial charge in [0.1, 0.15) is 17.6 Å². The first-order valence-corrected chi connectivity index (χ1v) is 6.62.